The third-order valence-corrected chi connectivity index (χ3v) is 13.3. The van der Waals surface area contributed by atoms with Crippen LogP contribution in [0.25, 0.3) is 121 Å². The molecule has 5 heterocycles. The zero-order valence-electron chi connectivity index (χ0n) is 34.6. The fraction of sp³-hybridized carbons (Fsp3) is 0. The maximum Gasteiger partial charge on any atom is 0.138 e. The molecule has 9 aromatic carbocycles. The first kappa shape index (κ1) is 35.0. The molecule has 0 N–H and O–H groups in total. The number of hydrogen-bond donors (Lipinski definition) is 0. The first-order valence-corrected chi connectivity index (χ1v) is 21.9. The number of benzene rings is 9. The van der Waals surface area contributed by atoms with Crippen LogP contribution in [-0.4, -0.2) is 23.3 Å². The van der Waals surface area contributed by atoms with Crippen molar-refractivity contribution in [3.63, 3.8) is 0 Å². The Morgan fingerprint density at radius 3 is 1.31 bits per heavy atom. The lowest BCUT2D eigenvalue weighted by Gasteiger charge is -2.14. The zero-order valence-corrected chi connectivity index (χ0v) is 34.6. The predicted molar refractivity (Wildman–Crippen MR) is 267 cm³/mol. The van der Waals surface area contributed by atoms with E-state index in [1.165, 1.54) is 65.2 Å². The van der Waals surface area contributed by atoms with Gasteiger partial charge in [-0.25, -0.2) is 4.98 Å². The molecule has 5 heteroatoms. The maximum atomic E-state index is 5.34. The van der Waals surface area contributed by atoms with Crippen LogP contribution in [0, 0.1) is 0 Å². The molecule has 0 aliphatic heterocycles. The summed E-state index contributed by atoms with van der Waals surface area (Å²) >= 11 is 0. The number of pyridine rings is 1. The molecule has 0 saturated carbocycles. The van der Waals surface area contributed by atoms with Crippen LogP contribution in [0.1, 0.15) is 0 Å². The highest BCUT2D eigenvalue weighted by Gasteiger charge is 2.24. The third kappa shape index (κ3) is 4.86. The number of para-hydroxylation sites is 5. The molecular weight excluding hydrogens is 779 g/mol. The van der Waals surface area contributed by atoms with Crippen LogP contribution in [0.5, 0.6) is 0 Å². The number of fused-ring (bicyclic) bond motifs is 14. The van der Waals surface area contributed by atoms with Crippen molar-refractivity contribution >= 4 is 87.2 Å². The first-order chi connectivity index (χ1) is 31.8. The zero-order chi connectivity index (χ0) is 41.9. The molecule has 0 bridgehead atoms. The minimum absolute atomic E-state index is 0.894. The molecule has 0 fully saturated rings. The molecule has 0 radical (unpaired) electrons. The first-order valence-electron chi connectivity index (χ1n) is 21.9. The Morgan fingerprint density at radius 2 is 0.703 bits per heavy atom. The van der Waals surface area contributed by atoms with E-state index < -0.39 is 0 Å². The summed E-state index contributed by atoms with van der Waals surface area (Å²) in [5, 5.41) is 9.76. The van der Waals surface area contributed by atoms with E-state index >= 15 is 0 Å². The van der Waals surface area contributed by atoms with Gasteiger partial charge < -0.3 is 13.7 Å². The highest BCUT2D eigenvalue weighted by atomic mass is 15.1. The van der Waals surface area contributed by atoms with E-state index in [0.29, 0.717) is 0 Å². The van der Waals surface area contributed by atoms with Gasteiger partial charge in [0.15, 0.2) is 0 Å². The number of nitrogens with zero attached hydrogens (tertiary/aromatic N) is 5. The summed E-state index contributed by atoms with van der Waals surface area (Å²) in [5.74, 6) is 0.894. The normalized spacial score (nSPS) is 12.1. The van der Waals surface area contributed by atoms with E-state index in [0.717, 1.165) is 56.2 Å². The summed E-state index contributed by atoms with van der Waals surface area (Å²) in [7, 11) is 0. The smallest absolute Gasteiger partial charge is 0.138 e. The van der Waals surface area contributed by atoms with Crippen LogP contribution in [0.4, 0.5) is 0 Å². The standard InChI is InChI=1S/C59H37N5/c1-3-17-38(18-4-1)48-27-16-32-55(60-48)64-50-29-12-8-24-43(50)45-34-36-54-57(59(45)64)47-26-10-14-31-52(47)62(54)40-21-15-22-41(37-40)63-49-28-11-7-23-42(49)44-33-35-53-56(58(44)63)46-25-9-13-30-51(46)61(53)39-19-5-2-6-20-39/h1-37H. The van der Waals surface area contributed by atoms with E-state index in [1.807, 2.05) is 0 Å². The van der Waals surface area contributed by atoms with Gasteiger partial charge in [0.2, 0.25) is 0 Å². The summed E-state index contributed by atoms with van der Waals surface area (Å²) in [4.78, 5) is 5.34. The molecule has 0 unspecified atom stereocenters. The minimum atomic E-state index is 0.894. The van der Waals surface area contributed by atoms with Crippen LogP contribution in [0.2, 0.25) is 0 Å². The van der Waals surface area contributed by atoms with Gasteiger partial charge >= 0.3 is 0 Å². The number of aromatic nitrogens is 5. The lowest BCUT2D eigenvalue weighted by atomic mass is 10.1. The van der Waals surface area contributed by atoms with Crippen molar-refractivity contribution in [2.45, 2.75) is 0 Å². The van der Waals surface area contributed by atoms with Crippen LogP contribution in [0.15, 0.2) is 224 Å². The van der Waals surface area contributed by atoms with Gasteiger partial charge in [-0.1, -0.05) is 146 Å². The number of hydrogen-bond acceptors (Lipinski definition) is 1. The average molecular weight is 816 g/mol. The van der Waals surface area contributed by atoms with Gasteiger partial charge in [-0.05, 0) is 78.9 Å². The van der Waals surface area contributed by atoms with Crippen LogP contribution < -0.4 is 0 Å². The summed E-state index contributed by atoms with van der Waals surface area (Å²) in [6.45, 7) is 0. The number of rotatable bonds is 5. The molecular formula is C59H37N5. The summed E-state index contributed by atoms with van der Waals surface area (Å²) in [6.07, 6.45) is 0. The molecule has 298 valence electrons. The van der Waals surface area contributed by atoms with Crippen molar-refractivity contribution < 1.29 is 0 Å². The van der Waals surface area contributed by atoms with Gasteiger partial charge in [-0.15, -0.1) is 0 Å². The van der Waals surface area contributed by atoms with Crippen LogP contribution in [-0.2, 0) is 0 Å². The Morgan fingerprint density at radius 1 is 0.266 bits per heavy atom. The highest BCUT2D eigenvalue weighted by Crippen LogP contribution is 2.44. The van der Waals surface area contributed by atoms with E-state index in [4.69, 9.17) is 4.98 Å². The van der Waals surface area contributed by atoms with E-state index in [9.17, 15) is 0 Å². The highest BCUT2D eigenvalue weighted by molar-refractivity contribution is 6.27. The van der Waals surface area contributed by atoms with Gasteiger partial charge in [0.05, 0.1) is 49.8 Å². The van der Waals surface area contributed by atoms with Gasteiger partial charge in [0.25, 0.3) is 0 Å². The Bertz CT molecular complexity index is 4180. The summed E-state index contributed by atoms with van der Waals surface area (Å²) in [5.41, 5.74) is 14.7. The molecule has 0 aliphatic carbocycles. The van der Waals surface area contributed by atoms with Gasteiger partial charge in [0, 0.05) is 65.7 Å². The fourth-order valence-electron chi connectivity index (χ4n) is 10.7. The minimum Gasteiger partial charge on any atom is -0.309 e. The van der Waals surface area contributed by atoms with Crippen molar-refractivity contribution in [2.75, 3.05) is 0 Å². The van der Waals surface area contributed by atoms with Crippen LogP contribution >= 0.6 is 0 Å². The Hall–Kier alpha value is -8.67. The lowest BCUT2D eigenvalue weighted by Crippen LogP contribution is -2.00. The maximum absolute atomic E-state index is 5.34. The molecule has 0 saturated heterocycles. The summed E-state index contributed by atoms with van der Waals surface area (Å²) < 4.78 is 9.73. The summed E-state index contributed by atoms with van der Waals surface area (Å²) in [6, 6.07) is 81.2. The Labute approximate surface area is 367 Å². The third-order valence-electron chi connectivity index (χ3n) is 13.3. The molecule has 14 rings (SSSR count). The van der Waals surface area contributed by atoms with Gasteiger partial charge in [-0.3, -0.25) is 4.57 Å². The quantitative estimate of drug-likeness (QED) is 0.170. The van der Waals surface area contributed by atoms with Gasteiger partial charge in [-0.2, -0.15) is 0 Å². The van der Waals surface area contributed by atoms with Gasteiger partial charge in [0.1, 0.15) is 5.82 Å². The molecule has 0 atom stereocenters. The second kappa shape index (κ2) is 13.4. The molecule has 5 aromatic heterocycles. The second-order valence-corrected chi connectivity index (χ2v) is 16.7. The van der Waals surface area contributed by atoms with E-state index in [-0.39, 0.29) is 0 Å². The Kier molecular flexibility index (Phi) is 7.33. The molecule has 0 amide bonds. The Balaban J connectivity index is 1.05. The SMILES string of the molecule is c1ccc(-c2cccc(-n3c4ccccc4c4ccc5c(c6ccccc6n5-c5cccc(-n6c7ccccc7c7ccc8c(c9ccccc9n8-c8ccccc8)c76)c5)c43)n2)cc1. The second-order valence-electron chi connectivity index (χ2n) is 16.7. The van der Waals surface area contributed by atoms with E-state index in [2.05, 4.69) is 243 Å². The molecule has 14 aromatic rings. The molecule has 5 nitrogen and oxygen atoms in total. The fourth-order valence-corrected chi connectivity index (χ4v) is 10.7. The van der Waals surface area contributed by atoms with Crippen molar-refractivity contribution in [3.05, 3.63) is 224 Å². The largest absolute Gasteiger partial charge is 0.309 e. The van der Waals surface area contributed by atoms with Crippen LogP contribution in [0.3, 0.4) is 0 Å². The predicted octanol–water partition coefficient (Wildman–Crippen LogP) is 15.1. The van der Waals surface area contributed by atoms with Crippen molar-refractivity contribution in [1.29, 1.82) is 0 Å². The van der Waals surface area contributed by atoms with Crippen molar-refractivity contribution in [1.82, 2.24) is 23.3 Å². The molecule has 0 aliphatic rings. The molecule has 64 heavy (non-hydrogen) atoms. The monoisotopic (exact) mass is 815 g/mol. The van der Waals surface area contributed by atoms with E-state index in [1.54, 1.807) is 0 Å². The average Bonchev–Trinajstić information content (AvgIpc) is 4.09. The van der Waals surface area contributed by atoms with Crippen molar-refractivity contribution in [2.24, 2.45) is 0 Å². The topological polar surface area (TPSA) is 32.6 Å². The molecule has 0 spiro atoms. The lowest BCUT2D eigenvalue weighted by molar-refractivity contribution is 1.09. The van der Waals surface area contributed by atoms with Crippen molar-refractivity contribution in [3.8, 4) is 34.1 Å².